The number of hydrogen-bond acceptors (Lipinski definition) is 2. The lowest BCUT2D eigenvalue weighted by Gasteiger charge is -2.15. The van der Waals surface area contributed by atoms with Crippen LogP contribution in [0.15, 0.2) is 12.5 Å². The number of nitrogens with one attached hydrogen (secondary N) is 2. The first-order valence-corrected chi connectivity index (χ1v) is 6.55. The van der Waals surface area contributed by atoms with Gasteiger partial charge in [0.05, 0.1) is 6.33 Å². The van der Waals surface area contributed by atoms with Crippen LogP contribution >= 0.6 is 0 Å². The molecular formula is C13H23N3. The summed E-state index contributed by atoms with van der Waals surface area (Å²) in [6, 6.07) is 0.615. The summed E-state index contributed by atoms with van der Waals surface area (Å²) in [7, 11) is 0. The van der Waals surface area contributed by atoms with Crippen molar-refractivity contribution in [3.8, 4) is 0 Å². The Morgan fingerprint density at radius 2 is 2.31 bits per heavy atom. The van der Waals surface area contributed by atoms with E-state index in [1.807, 2.05) is 6.20 Å². The van der Waals surface area contributed by atoms with Gasteiger partial charge in [-0.3, -0.25) is 0 Å². The zero-order valence-electron chi connectivity index (χ0n) is 10.2. The normalized spacial score (nSPS) is 19.1. The van der Waals surface area contributed by atoms with Crippen molar-refractivity contribution in [2.75, 3.05) is 0 Å². The Morgan fingerprint density at radius 1 is 1.50 bits per heavy atom. The van der Waals surface area contributed by atoms with Crippen LogP contribution in [0.25, 0.3) is 0 Å². The summed E-state index contributed by atoms with van der Waals surface area (Å²) in [4.78, 5) is 7.13. The molecule has 1 fully saturated rings. The van der Waals surface area contributed by atoms with Gasteiger partial charge in [0.2, 0.25) is 0 Å². The second-order valence-corrected chi connectivity index (χ2v) is 5.09. The van der Waals surface area contributed by atoms with E-state index in [-0.39, 0.29) is 0 Å². The van der Waals surface area contributed by atoms with Gasteiger partial charge in [-0.1, -0.05) is 25.7 Å². The van der Waals surface area contributed by atoms with Crippen LogP contribution in [0.3, 0.4) is 0 Å². The standard InChI is InChI=1S/C13H23N3/c1-11(6-7-12-4-2-3-5-12)15-9-13-8-14-10-16-13/h8,10-12,15H,2-7,9H2,1H3,(H,14,16). The molecule has 1 unspecified atom stereocenters. The maximum Gasteiger partial charge on any atom is 0.0922 e. The third-order valence-corrected chi connectivity index (χ3v) is 3.68. The van der Waals surface area contributed by atoms with Gasteiger partial charge in [0.1, 0.15) is 0 Å². The lowest BCUT2D eigenvalue weighted by molar-refractivity contribution is 0.418. The Labute approximate surface area is 98.1 Å². The predicted octanol–water partition coefficient (Wildman–Crippen LogP) is 2.86. The van der Waals surface area contributed by atoms with Crippen molar-refractivity contribution in [1.82, 2.24) is 15.3 Å². The molecule has 1 heterocycles. The fraction of sp³-hybridized carbons (Fsp3) is 0.769. The summed E-state index contributed by atoms with van der Waals surface area (Å²) < 4.78 is 0. The highest BCUT2D eigenvalue weighted by Gasteiger charge is 2.15. The number of hydrogen-bond donors (Lipinski definition) is 2. The Kier molecular flexibility index (Phi) is 4.40. The topological polar surface area (TPSA) is 40.7 Å². The molecule has 1 aliphatic carbocycles. The fourth-order valence-corrected chi connectivity index (χ4v) is 2.55. The number of aromatic nitrogens is 2. The van der Waals surface area contributed by atoms with Crippen molar-refractivity contribution < 1.29 is 0 Å². The maximum absolute atomic E-state index is 4.01. The summed E-state index contributed by atoms with van der Waals surface area (Å²) in [6.07, 6.45) is 12.2. The summed E-state index contributed by atoms with van der Waals surface area (Å²) in [6.45, 7) is 3.19. The molecule has 1 aromatic heterocycles. The maximum atomic E-state index is 4.01. The minimum Gasteiger partial charge on any atom is -0.347 e. The van der Waals surface area contributed by atoms with E-state index >= 15 is 0 Å². The van der Waals surface area contributed by atoms with Crippen molar-refractivity contribution in [2.24, 2.45) is 5.92 Å². The van der Waals surface area contributed by atoms with Gasteiger partial charge in [0.25, 0.3) is 0 Å². The van der Waals surface area contributed by atoms with Crippen molar-refractivity contribution in [3.63, 3.8) is 0 Å². The molecule has 2 N–H and O–H groups in total. The van der Waals surface area contributed by atoms with Gasteiger partial charge < -0.3 is 10.3 Å². The van der Waals surface area contributed by atoms with E-state index < -0.39 is 0 Å². The smallest absolute Gasteiger partial charge is 0.0922 e. The molecular weight excluding hydrogens is 198 g/mol. The zero-order valence-corrected chi connectivity index (χ0v) is 10.2. The van der Waals surface area contributed by atoms with Crippen LogP contribution in [-0.2, 0) is 6.54 Å². The minimum atomic E-state index is 0.615. The van der Waals surface area contributed by atoms with Gasteiger partial charge in [0, 0.05) is 24.5 Å². The zero-order chi connectivity index (χ0) is 11.2. The Morgan fingerprint density at radius 3 is 3.00 bits per heavy atom. The number of aromatic amines is 1. The van der Waals surface area contributed by atoms with E-state index in [2.05, 4.69) is 22.2 Å². The van der Waals surface area contributed by atoms with E-state index in [0.29, 0.717) is 6.04 Å². The summed E-state index contributed by atoms with van der Waals surface area (Å²) in [5, 5.41) is 3.54. The molecule has 16 heavy (non-hydrogen) atoms. The highest BCUT2D eigenvalue weighted by molar-refractivity contribution is 4.93. The van der Waals surface area contributed by atoms with Gasteiger partial charge in [-0.15, -0.1) is 0 Å². The van der Waals surface area contributed by atoms with Crippen molar-refractivity contribution >= 4 is 0 Å². The first-order chi connectivity index (χ1) is 7.84. The molecule has 3 heteroatoms. The highest BCUT2D eigenvalue weighted by Crippen LogP contribution is 2.28. The number of imidazole rings is 1. The Bertz CT molecular complexity index is 275. The molecule has 0 aromatic carbocycles. The molecule has 1 atom stereocenters. The largest absolute Gasteiger partial charge is 0.347 e. The second kappa shape index (κ2) is 6.04. The van der Waals surface area contributed by atoms with E-state index in [1.54, 1.807) is 6.33 Å². The number of nitrogens with zero attached hydrogens (tertiary/aromatic N) is 1. The van der Waals surface area contributed by atoms with Gasteiger partial charge >= 0.3 is 0 Å². The third-order valence-electron chi connectivity index (χ3n) is 3.68. The fourth-order valence-electron chi connectivity index (χ4n) is 2.55. The summed E-state index contributed by atoms with van der Waals surface area (Å²) in [5.74, 6) is 1.01. The number of H-pyrrole nitrogens is 1. The summed E-state index contributed by atoms with van der Waals surface area (Å²) >= 11 is 0. The molecule has 0 amide bonds. The quantitative estimate of drug-likeness (QED) is 0.775. The molecule has 0 spiro atoms. The molecule has 1 aromatic rings. The molecule has 90 valence electrons. The summed E-state index contributed by atoms with van der Waals surface area (Å²) in [5.41, 5.74) is 1.17. The molecule has 0 aliphatic heterocycles. The Balaban J connectivity index is 1.58. The van der Waals surface area contributed by atoms with Crippen LogP contribution in [0.1, 0.15) is 51.1 Å². The van der Waals surface area contributed by atoms with Crippen LogP contribution in [0.4, 0.5) is 0 Å². The van der Waals surface area contributed by atoms with E-state index in [9.17, 15) is 0 Å². The van der Waals surface area contributed by atoms with Crippen LogP contribution in [-0.4, -0.2) is 16.0 Å². The first-order valence-electron chi connectivity index (χ1n) is 6.55. The molecule has 1 aliphatic rings. The van der Waals surface area contributed by atoms with Crippen LogP contribution < -0.4 is 5.32 Å². The van der Waals surface area contributed by atoms with Gasteiger partial charge in [-0.25, -0.2) is 4.98 Å². The van der Waals surface area contributed by atoms with Gasteiger partial charge in [0.15, 0.2) is 0 Å². The monoisotopic (exact) mass is 221 g/mol. The number of rotatable bonds is 6. The van der Waals surface area contributed by atoms with E-state index in [1.165, 1.54) is 44.2 Å². The first kappa shape index (κ1) is 11.6. The molecule has 0 saturated heterocycles. The average Bonchev–Trinajstić information content (AvgIpc) is 2.96. The lowest BCUT2D eigenvalue weighted by atomic mass is 9.99. The molecule has 0 bridgehead atoms. The van der Waals surface area contributed by atoms with Crippen molar-refractivity contribution in [2.45, 2.75) is 58.0 Å². The predicted molar refractivity (Wildman–Crippen MR) is 66.1 cm³/mol. The highest BCUT2D eigenvalue weighted by atomic mass is 14.9. The second-order valence-electron chi connectivity index (χ2n) is 5.09. The molecule has 0 radical (unpaired) electrons. The van der Waals surface area contributed by atoms with Crippen molar-refractivity contribution in [3.05, 3.63) is 18.2 Å². The third kappa shape index (κ3) is 3.63. The van der Waals surface area contributed by atoms with Crippen LogP contribution in [0.2, 0.25) is 0 Å². The SMILES string of the molecule is CC(CCC1CCCC1)NCc1cnc[nH]1. The van der Waals surface area contributed by atoms with Crippen LogP contribution in [0, 0.1) is 5.92 Å². The van der Waals surface area contributed by atoms with E-state index in [4.69, 9.17) is 0 Å². The van der Waals surface area contributed by atoms with E-state index in [0.717, 1.165) is 12.5 Å². The minimum absolute atomic E-state index is 0.615. The van der Waals surface area contributed by atoms with Crippen LogP contribution in [0.5, 0.6) is 0 Å². The van der Waals surface area contributed by atoms with Crippen molar-refractivity contribution in [1.29, 1.82) is 0 Å². The average molecular weight is 221 g/mol. The molecule has 1 saturated carbocycles. The molecule has 3 nitrogen and oxygen atoms in total. The lowest BCUT2D eigenvalue weighted by Crippen LogP contribution is -2.26. The van der Waals surface area contributed by atoms with Gasteiger partial charge in [-0.05, 0) is 25.7 Å². The van der Waals surface area contributed by atoms with Gasteiger partial charge in [-0.2, -0.15) is 0 Å². The Hall–Kier alpha value is -0.830. The molecule has 2 rings (SSSR count).